The van der Waals surface area contributed by atoms with Crippen molar-refractivity contribution in [1.29, 1.82) is 0 Å². The molecule has 1 atom stereocenters. The third kappa shape index (κ3) is 3.59. The summed E-state index contributed by atoms with van der Waals surface area (Å²) in [4.78, 5) is 0. The number of hydrogen-bond donors (Lipinski definition) is 2. The largest absolute Gasteiger partial charge is 0.359 e. The van der Waals surface area contributed by atoms with Gasteiger partial charge in [0.25, 0.3) is 0 Å². The van der Waals surface area contributed by atoms with E-state index in [0.29, 0.717) is 12.0 Å². The summed E-state index contributed by atoms with van der Waals surface area (Å²) in [6, 6.07) is 2.98. The van der Waals surface area contributed by atoms with Crippen molar-refractivity contribution < 1.29 is 0 Å². The van der Waals surface area contributed by atoms with Crippen LogP contribution in [0.4, 0.5) is 0 Å². The second kappa shape index (κ2) is 5.93. The predicted octanol–water partition coefficient (Wildman–Crippen LogP) is 1.71. The van der Waals surface area contributed by atoms with Crippen molar-refractivity contribution in [3.05, 3.63) is 0 Å². The summed E-state index contributed by atoms with van der Waals surface area (Å²) in [6.07, 6.45) is 5.10. The van der Waals surface area contributed by atoms with Crippen LogP contribution in [-0.4, -0.2) is 12.6 Å². The topological polar surface area (TPSA) is 38.0 Å². The number of hydrogen-bond acceptors (Lipinski definition) is 2. The van der Waals surface area contributed by atoms with Crippen molar-refractivity contribution in [2.75, 3.05) is 6.54 Å². The van der Waals surface area contributed by atoms with Crippen molar-refractivity contribution in [2.45, 2.75) is 45.6 Å². The number of nitrogens with two attached hydrogens (primary N) is 1. The zero-order chi connectivity index (χ0) is 10.4. The monoisotopic (exact) mass is 194 g/mol. The molecule has 0 aromatic rings. The van der Waals surface area contributed by atoms with Gasteiger partial charge in [0.15, 0.2) is 0 Å². The first-order chi connectivity index (χ1) is 6.74. The van der Waals surface area contributed by atoms with Gasteiger partial charge < -0.3 is 11.1 Å². The van der Waals surface area contributed by atoms with Gasteiger partial charge in [-0.3, -0.25) is 0 Å². The van der Waals surface area contributed by atoms with Crippen molar-refractivity contribution in [1.82, 2.24) is 5.32 Å². The lowest BCUT2D eigenvalue weighted by atomic mass is 9.85. The quantitative estimate of drug-likeness (QED) is 0.516. The molecule has 0 heterocycles. The highest BCUT2D eigenvalue weighted by atomic mass is 14.9. The summed E-state index contributed by atoms with van der Waals surface area (Å²) in [5.74, 6) is 4.51. The van der Waals surface area contributed by atoms with E-state index in [1.165, 1.54) is 19.3 Å². The summed E-state index contributed by atoms with van der Waals surface area (Å²) in [7, 11) is 0. The molecule has 1 aliphatic rings. The highest BCUT2D eigenvalue weighted by molar-refractivity contribution is 4.98. The average molecular weight is 194 g/mol. The van der Waals surface area contributed by atoms with Crippen LogP contribution >= 0.6 is 0 Å². The first kappa shape index (κ1) is 11.4. The molecule has 2 heteroatoms. The normalized spacial score (nSPS) is 18.5. The molecule has 0 bridgehead atoms. The van der Waals surface area contributed by atoms with E-state index >= 15 is 0 Å². The molecule has 0 aliphatic heterocycles. The Kier molecular flexibility index (Phi) is 4.82. The molecule has 0 amide bonds. The van der Waals surface area contributed by atoms with Gasteiger partial charge in [0, 0.05) is 18.5 Å². The predicted molar refractivity (Wildman–Crippen MR) is 60.6 cm³/mol. The molecular weight excluding hydrogens is 172 g/mol. The molecule has 2 nitrogen and oxygen atoms in total. The Bertz CT molecular complexity index is 208. The van der Waals surface area contributed by atoms with Crippen LogP contribution in [0.5, 0.6) is 0 Å². The van der Waals surface area contributed by atoms with Crippen molar-refractivity contribution in [2.24, 2.45) is 17.6 Å². The molecule has 0 aromatic heterocycles. The van der Waals surface area contributed by atoms with Crippen LogP contribution in [0.15, 0.2) is 0 Å². The maximum Gasteiger partial charge on any atom is 0.0264 e. The molecule has 0 spiro atoms. The van der Waals surface area contributed by atoms with Crippen LogP contribution < -0.4 is 11.1 Å². The molecule has 1 rings (SSSR count). The van der Waals surface area contributed by atoms with Crippen LogP contribution in [0.3, 0.4) is 0 Å². The lowest BCUT2D eigenvalue weighted by Gasteiger charge is -2.29. The van der Waals surface area contributed by atoms with Crippen LogP contribution in [0.1, 0.15) is 39.5 Å². The Morgan fingerprint density at radius 3 is 2.57 bits per heavy atom. The molecule has 1 aliphatic carbocycles. The fourth-order valence-electron chi connectivity index (χ4n) is 1.73. The SMILES string of the molecule is CC(C)C(CC#CN)NCC1CCC1. The molecule has 3 N–H and O–H groups in total. The zero-order valence-corrected chi connectivity index (χ0v) is 9.34. The second-order valence-corrected chi connectivity index (χ2v) is 4.58. The highest BCUT2D eigenvalue weighted by Gasteiger charge is 2.19. The van der Waals surface area contributed by atoms with Gasteiger partial charge in [0.1, 0.15) is 0 Å². The van der Waals surface area contributed by atoms with E-state index in [4.69, 9.17) is 5.73 Å². The third-order valence-electron chi connectivity index (χ3n) is 3.12. The van der Waals surface area contributed by atoms with E-state index in [1.807, 2.05) is 0 Å². The van der Waals surface area contributed by atoms with Gasteiger partial charge in [0.2, 0.25) is 0 Å². The first-order valence-electron chi connectivity index (χ1n) is 5.66. The summed E-state index contributed by atoms with van der Waals surface area (Å²) < 4.78 is 0. The molecule has 0 radical (unpaired) electrons. The minimum Gasteiger partial charge on any atom is -0.359 e. The van der Waals surface area contributed by atoms with E-state index in [2.05, 4.69) is 31.1 Å². The fourth-order valence-corrected chi connectivity index (χ4v) is 1.73. The van der Waals surface area contributed by atoms with Gasteiger partial charge in [-0.05, 0) is 31.2 Å². The van der Waals surface area contributed by atoms with Crippen molar-refractivity contribution in [3.63, 3.8) is 0 Å². The second-order valence-electron chi connectivity index (χ2n) is 4.58. The molecule has 0 aromatic carbocycles. The standard InChI is InChI=1S/C12H22N2/c1-10(2)12(7-4-8-13)14-9-11-5-3-6-11/h10-12,14H,3,5-7,9,13H2,1-2H3. The Balaban J connectivity index is 2.21. The maximum atomic E-state index is 5.18. The maximum absolute atomic E-state index is 5.18. The minimum absolute atomic E-state index is 0.506. The number of nitrogens with one attached hydrogen (secondary N) is 1. The van der Waals surface area contributed by atoms with Gasteiger partial charge in [0.05, 0.1) is 0 Å². The van der Waals surface area contributed by atoms with Gasteiger partial charge in [-0.2, -0.15) is 0 Å². The molecule has 14 heavy (non-hydrogen) atoms. The molecule has 1 unspecified atom stereocenters. The van der Waals surface area contributed by atoms with Crippen molar-refractivity contribution in [3.8, 4) is 12.0 Å². The smallest absolute Gasteiger partial charge is 0.0264 e. The van der Waals surface area contributed by atoms with E-state index in [-0.39, 0.29) is 0 Å². The lowest BCUT2D eigenvalue weighted by molar-refractivity contribution is 0.274. The first-order valence-corrected chi connectivity index (χ1v) is 5.66. The summed E-state index contributed by atoms with van der Waals surface area (Å²) in [5, 5.41) is 3.60. The summed E-state index contributed by atoms with van der Waals surface area (Å²) in [5.41, 5.74) is 5.18. The van der Waals surface area contributed by atoms with Crippen molar-refractivity contribution >= 4 is 0 Å². The summed E-state index contributed by atoms with van der Waals surface area (Å²) in [6.45, 7) is 5.63. The van der Waals surface area contributed by atoms with E-state index in [9.17, 15) is 0 Å². The van der Waals surface area contributed by atoms with E-state index in [0.717, 1.165) is 18.9 Å². The molecule has 0 saturated heterocycles. The Morgan fingerprint density at radius 2 is 2.14 bits per heavy atom. The van der Waals surface area contributed by atoms with E-state index in [1.54, 1.807) is 0 Å². The van der Waals surface area contributed by atoms with E-state index < -0.39 is 0 Å². The molecular formula is C12H22N2. The minimum atomic E-state index is 0.506. The van der Waals surface area contributed by atoms with Crippen LogP contribution in [0.25, 0.3) is 0 Å². The molecule has 1 saturated carbocycles. The Morgan fingerprint density at radius 1 is 1.43 bits per heavy atom. The van der Waals surface area contributed by atoms with Gasteiger partial charge >= 0.3 is 0 Å². The van der Waals surface area contributed by atoms with Gasteiger partial charge in [-0.1, -0.05) is 26.2 Å². The molecule has 80 valence electrons. The molecule has 1 fully saturated rings. The van der Waals surface area contributed by atoms with Gasteiger partial charge in [-0.15, -0.1) is 0 Å². The number of rotatable bonds is 5. The Hall–Kier alpha value is -0.680. The summed E-state index contributed by atoms with van der Waals surface area (Å²) >= 11 is 0. The van der Waals surface area contributed by atoms with Crippen LogP contribution in [-0.2, 0) is 0 Å². The lowest BCUT2D eigenvalue weighted by Crippen LogP contribution is -2.38. The van der Waals surface area contributed by atoms with Crippen LogP contribution in [0.2, 0.25) is 0 Å². The highest BCUT2D eigenvalue weighted by Crippen LogP contribution is 2.25. The third-order valence-corrected chi connectivity index (χ3v) is 3.12. The van der Waals surface area contributed by atoms with Crippen LogP contribution in [0, 0.1) is 23.8 Å². The Labute approximate surface area is 87.6 Å². The zero-order valence-electron chi connectivity index (χ0n) is 9.34. The average Bonchev–Trinajstić information content (AvgIpc) is 2.07. The fraction of sp³-hybridized carbons (Fsp3) is 0.833. The van der Waals surface area contributed by atoms with Gasteiger partial charge in [-0.25, -0.2) is 0 Å².